The number of phenols is 3. The Kier molecular flexibility index (Phi) is 17.2. The Morgan fingerprint density at radius 2 is 1.41 bits per heavy atom. The fourth-order valence-corrected chi connectivity index (χ4v) is 10.4. The first kappa shape index (κ1) is 56.9. The summed E-state index contributed by atoms with van der Waals surface area (Å²) in [7, 11) is -2.89. The third kappa shape index (κ3) is 11.9. The highest BCUT2D eigenvalue weighted by molar-refractivity contribution is 7.89. The van der Waals surface area contributed by atoms with Crippen LogP contribution in [0.5, 0.6) is 17.2 Å². The summed E-state index contributed by atoms with van der Waals surface area (Å²) in [5, 5.41) is 102. The van der Waals surface area contributed by atoms with Gasteiger partial charge < -0.3 is 78.7 Å². The Balaban J connectivity index is 1.15. The maximum absolute atomic E-state index is 14.9. The van der Waals surface area contributed by atoms with Crippen LogP contribution < -0.4 is 5.14 Å². The molecule has 3 fully saturated rings. The number of benzene rings is 3. The van der Waals surface area contributed by atoms with E-state index in [0.717, 1.165) is 13.2 Å². The number of primary sulfonamides is 1. The molecule has 0 unspecified atom stereocenters. The fourth-order valence-electron chi connectivity index (χ4n) is 9.86. The molecule has 408 valence electrons. The van der Waals surface area contributed by atoms with E-state index >= 15 is 0 Å². The number of nitrogens with two attached hydrogens (primary N) is 1. The highest BCUT2D eigenvalue weighted by Gasteiger charge is 2.52. The molecule has 0 aromatic heterocycles. The lowest BCUT2D eigenvalue weighted by atomic mass is 9.75. The molecule has 0 spiro atoms. The van der Waals surface area contributed by atoms with Gasteiger partial charge in [-0.15, -0.1) is 5.11 Å². The molecule has 3 saturated heterocycles. The van der Waals surface area contributed by atoms with Crippen molar-refractivity contribution in [1.29, 1.82) is 0 Å². The van der Waals surface area contributed by atoms with Crippen LogP contribution >= 0.6 is 0 Å². The van der Waals surface area contributed by atoms with Crippen molar-refractivity contribution in [1.82, 2.24) is 0 Å². The van der Waals surface area contributed by atoms with Gasteiger partial charge in [0, 0.05) is 43.7 Å². The van der Waals surface area contributed by atoms with Gasteiger partial charge in [0.25, 0.3) is 0 Å². The van der Waals surface area contributed by atoms with E-state index in [2.05, 4.69) is 10.2 Å². The van der Waals surface area contributed by atoms with Crippen molar-refractivity contribution in [2.24, 2.45) is 27.2 Å². The number of carbonyl (C=O) groups is 3. The standard InChI is InChI=1S/C49H65N3O21S/c1-19(2)48(62)73-47-23(6)69-35(18-49(47,7)63)71-32-16-33(67-21(4)41(32)58)70-31-17-34(68-22(5)40(31)57)72-46-28(45(66-8)44(61)39(56)20(3)53)14-24-13-27-37(42(59)36(24)43(46)60)29(54)15-30(55)38(27)52-51-25-9-11-26(12-10-25)74(50,64)65/h9-13,15,19-23,28,31-35,39-41,45-47,53-59,63H,14,16-18H2,1-8H3,(H2,50,64,65)/t20-,21-,22-,23+,28+,31-,32-,33+,34+,35+,39+,40-,41-,45+,46+,47+,49+/m1/s1. The average molecular weight is 1060 g/mol. The molecule has 0 bridgehead atoms. The van der Waals surface area contributed by atoms with E-state index < -0.39 is 154 Å². The number of ether oxygens (including phenoxy) is 8. The average Bonchev–Trinajstić information content (AvgIpc) is 3.31. The molecule has 3 aromatic carbocycles. The first-order chi connectivity index (χ1) is 34.6. The largest absolute Gasteiger partial charge is 0.507 e. The molecule has 3 heterocycles. The fraction of sp³-hybridized carbons (Fsp3) is 0.612. The number of nitrogens with zero attached hydrogens (tertiary/aromatic N) is 2. The van der Waals surface area contributed by atoms with Crippen LogP contribution in [0.15, 0.2) is 51.5 Å². The molecular formula is C49H65N3O21S. The predicted octanol–water partition coefficient (Wildman–Crippen LogP) is 2.30. The Morgan fingerprint density at radius 1 is 0.838 bits per heavy atom. The highest BCUT2D eigenvalue weighted by atomic mass is 32.2. The van der Waals surface area contributed by atoms with Crippen LogP contribution in [-0.2, 0) is 63.9 Å². The second-order valence-electron chi connectivity index (χ2n) is 19.9. The lowest BCUT2D eigenvalue weighted by molar-refractivity contribution is -0.334. The van der Waals surface area contributed by atoms with Gasteiger partial charge in [0.2, 0.25) is 10.0 Å². The zero-order chi connectivity index (χ0) is 54.5. The number of hydrogen-bond acceptors (Lipinski definition) is 23. The second kappa shape index (κ2) is 22.4. The number of aliphatic hydroxyl groups excluding tert-OH is 4. The number of sulfonamides is 1. The van der Waals surface area contributed by atoms with E-state index in [1.54, 1.807) is 27.7 Å². The molecule has 24 nitrogen and oxygen atoms in total. The number of hydrogen-bond donors (Lipinski definition) is 9. The van der Waals surface area contributed by atoms with Crippen molar-refractivity contribution >= 4 is 49.7 Å². The summed E-state index contributed by atoms with van der Waals surface area (Å²) in [6.45, 7) is 10.7. The molecule has 4 aliphatic rings. The van der Waals surface area contributed by atoms with E-state index in [9.17, 15) is 63.7 Å². The maximum Gasteiger partial charge on any atom is 0.308 e. The summed E-state index contributed by atoms with van der Waals surface area (Å²) >= 11 is 0. The summed E-state index contributed by atoms with van der Waals surface area (Å²) in [5.41, 5.74) is -2.06. The Hall–Kier alpha value is -4.84. The summed E-state index contributed by atoms with van der Waals surface area (Å²) in [6.07, 6.45) is -19.7. The number of fused-ring (bicyclic) bond motifs is 2. The maximum atomic E-state index is 14.9. The molecule has 0 amide bonds. The van der Waals surface area contributed by atoms with Crippen LogP contribution in [0, 0.1) is 11.8 Å². The zero-order valence-corrected chi connectivity index (χ0v) is 42.7. The van der Waals surface area contributed by atoms with Crippen molar-refractivity contribution in [3.05, 3.63) is 47.5 Å². The van der Waals surface area contributed by atoms with Gasteiger partial charge in [-0.1, -0.05) is 13.8 Å². The number of aliphatic hydroxyl groups is 5. The van der Waals surface area contributed by atoms with Gasteiger partial charge in [-0.25, -0.2) is 13.6 Å². The second-order valence-corrected chi connectivity index (χ2v) is 21.5. The Bertz CT molecular complexity index is 2700. The molecule has 7 rings (SSSR count). The lowest BCUT2D eigenvalue weighted by Gasteiger charge is -2.47. The molecule has 74 heavy (non-hydrogen) atoms. The molecular weight excluding hydrogens is 999 g/mol. The minimum Gasteiger partial charge on any atom is -0.507 e. The number of ketones is 2. The highest BCUT2D eigenvalue weighted by Crippen LogP contribution is 2.50. The summed E-state index contributed by atoms with van der Waals surface area (Å²) < 4.78 is 71.7. The monoisotopic (exact) mass is 1060 g/mol. The van der Waals surface area contributed by atoms with Crippen molar-refractivity contribution in [3.63, 3.8) is 0 Å². The number of aromatic hydroxyl groups is 3. The van der Waals surface area contributed by atoms with E-state index in [1.165, 1.54) is 51.1 Å². The summed E-state index contributed by atoms with van der Waals surface area (Å²) in [4.78, 5) is 41.0. The smallest absolute Gasteiger partial charge is 0.308 e. The zero-order valence-electron chi connectivity index (χ0n) is 41.9. The SMILES string of the molecule is CO[C@H](C(=O)[C@@H](O)[C@@H](C)O)[C@@H]1Cc2cc3c(N=Nc4ccc(S(N)(=O)=O)cc4)c(O)cc(O)c3c(O)c2C(=O)[C@H]1O[C@H]1C[C@@H](O[C@H]2C[C@@H](O[C@H]3C[C@](C)(O)[C@@H](OC(=O)C(C)C)[C@H](C)O3)[C@H](O)[C@@H](C)O2)[C@H](O)[C@@H](C)O1. The molecule has 10 N–H and O–H groups in total. The van der Waals surface area contributed by atoms with Crippen LogP contribution in [-0.4, -0.2) is 172 Å². The van der Waals surface area contributed by atoms with Gasteiger partial charge in [0.15, 0.2) is 36.5 Å². The molecule has 1 aliphatic carbocycles. The molecule has 0 saturated carbocycles. The Morgan fingerprint density at radius 3 is 1.95 bits per heavy atom. The van der Waals surface area contributed by atoms with E-state index in [4.69, 9.17) is 43.0 Å². The lowest BCUT2D eigenvalue weighted by Crippen LogP contribution is -2.59. The number of methoxy groups -OCH3 is 1. The number of phenolic OH excluding ortho intramolecular Hbond substituents is 3. The van der Waals surface area contributed by atoms with Crippen molar-refractivity contribution < 1.29 is 102 Å². The third-order valence-corrected chi connectivity index (χ3v) is 14.7. The summed E-state index contributed by atoms with van der Waals surface area (Å²) in [6, 6.07) is 7.12. The van der Waals surface area contributed by atoms with Crippen LogP contribution in [0.25, 0.3) is 10.8 Å². The first-order valence-corrected chi connectivity index (χ1v) is 25.6. The van der Waals surface area contributed by atoms with Crippen LogP contribution in [0.3, 0.4) is 0 Å². The normalized spacial score (nSPS) is 33.1. The van der Waals surface area contributed by atoms with E-state index in [0.29, 0.717) is 0 Å². The van der Waals surface area contributed by atoms with Crippen molar-refractivity contribution in [3.8, 4) is 17.2 Å². The molecule has 25 heteroatoms. The number of carbonyl (C=O) groups excluding carboxylic acids is 3. The first-order valence-electron chi connectivity index (χ1n) is 24.1. The molecule has 0 radical (unpaired) electrons. The van der Waals surface area contributed by atoms with Crippen LogP contribution in [0.4, 0.5) is 11.4 Å². The Labute approximate surface area is 425 Å². The summed E-state index contributed by atoms with van der Waals surface area (Å²) in [5.74, 6) is -6.31. The van der Waals surface area contributed by atoms with E-state index in [1.807, 2.05) is 0 Å². The molecule has 3 aromatic rings. The molecule has 17 atom stereocenters. The van der Waals surface area contributed by atoms with Crippen molar-refractivity contribution in [2.45, 2.75) is 177 Å². The van der Waals surface area contributed by atoms with Gasteiger partial charge in [0.1, 0.15) is 59.1 Å². The van der Waals surface area contributed by atoms with Gasteiger partial charge in [-0.05, 0) is 76.9 Å². The topological polar surface area (TPSA) is 372 Å². The van der Waals surface area contributed by atoms with Crippen LogP contribution in [0.2, 0.25) is 0 Å². The minimum absolute atomic E-state index is 0.0494. The quantitative estimate of drug-likeness (QED) is 0.0734. The van der Waals surface area contributed by atoms with Gasteiger partial charge in [0.05, 0.1) is 64.1 Å². The predicted molar refractivity (Wildman–Crippen MR) is 255 cm³/mol. The number of rotatable bonds is 16. The minimum atomic E-state index is -4.03. The van der Waals surface area contributed by atoms with Crippen molar-refractivity contribution in [2.75, 3.05) is 7.11 Å². The van der Waals surface area contributed by atoms with Gasteiger partial charge in [-0.2, -0.15) is 5.11 Å². The van der Waals surface area contributed by atoms with Gasteiger partial charge >= 0.3 is 5.97 Å². The third-order valence-electron chi connectivity index (χ3n) is 13.8. The molecule has 3 aliphatic heterocycles. The van der Waals surface area contributed by atoms with E-state index in [-0.39, 0.29) is 63.9 Å². The van der Waals surface area contributed by atoms with Crippen LogP contribution in [0.1, 0.15) is 83.7 Å². The number of azo groups is 1. The number of esters is 1. The van der Waals surface area contributed by atoms with Gasteiger partial charge in [-0.3, -0.25) is 14.4 Å². The number of Topliss-reactive ketones (excluding diaryl/α,β-unsaturated/α-hetero) is 2.